The molecule has 3 aliphatic heterocycles. The summed E-state index contributed by atoms with van der Waals surface area (Å²) < 4.78 is 38.1. The van der Waals surface area contributed by atoms with E-state index in [1.54, 1.807) is 0 Å². The summed E-state index contributed by atoms with van der Waals surface area (Å²) in [6.07, 6.45) is -14.2. The summed E-state index contributed by atoms with van der Waals surface area (Å²) in [5.74, 6) is -0.731. The fraction of sp³-hybridized carbons (Fsp3) is 0.500. The van der Waals surface area contributed by atoms with Crippen LogP contribution in [0.25, 0.3) is 6.08 Å². The largest absolute Gasteiger partial charge is 0.571 e. The van der Waals surface area contributed by atoms with E-state index < -0.39 is 74.6 Å². The fourth-order valence-electron chi connectivity index (χ4n) is 5.18. The molecule has 0 amide bonds. The number of rotatable bonds is 8. The summed E-state index contributed by atoms with van der Waals surface area (Å²) in [6.45, 7) is -1.15. The van der Waals surface area contributed by atoms with Gasteiger partial charge in [-0.15, -0.1) is 0 Å². The summed E-state index contributed by atoms with van der Waals surface area (Å²) in [4.78, 5) is 0. The van der Waals surface area contributed by atoms with Crippen LogP contribution in [-0.4, -0.2) is 133 Å². The Kier molecular flexibility index (Phi) is 9.26. The van der Waals surface area contributed by atoms with Crippen molar-refractivity contribution in [2.24, 2.45) is 0 Å². The maximum Gasteiger partial charge on any atom is 0.270 e. The molecule has 2 saturated heterocycles. The molecule has 0 radical (unpaired) electrons. The molecular formula is C28H35O16+. The number of aliphatic hydroxyl groups is 7. The smallest absolute Gasteiger partial charge is 0.270 e. The Balaban J connectivity index is 1.55. The van der Waals surface area contributed by atoms with Crippen molar-refractivity contribution < 1.29 is 79.1 Å². The Morgan fingerprint density at radius 3 is 2.18 bits per heavy atom. The van der Waals surface area contributed by atoms with Crippen LogP contribution in [0.1, 0.15) is 17.2 Å². The molecule has 0 bridgehead atoms. The van der Waals surface area contributed by atoms with E-state index in [1.807, 2.05) is 0 Å². The van der Waals surface area contributed by atoms with E-state index in [2.05, 4.69) is 4.74 Å². The maximum absolute atomic E-state index is 11.0. The number of benzene rings is 2. The van der Waals surface area contributed by atoms with Gasteiger partial charge in [0.05, 0.1) is 39.1 Å². The predicted octanol–water partition coefficient (Wildman–Crippen LogP) is -1.56. The third-order valence-electron chi connectivity index (χ3n) is 7.59. The molecule has 0 aromatic heterocycles. The standard InChI is InChI=1S/C28H34O16/c1-38-16-3-10(4-17(39-2)21(16)34)25-18(7-12-13(31)5-11(30)6-15(12)41-25)42-28-26(23(36)22(35)19(8-29)43-28)44-27-24(37)20(33)14(32)9-40-27/h3-7,14,19-20,22-37H,8-9H2,1-2H3/p+1/t14-,19+,20-,22+,23-,24-,25?,26+,27-,28+/m0/s1. The number of hydrogen-bond acceptors (Lipinski definition) is 15. The third-order valence-corrected chi connectivity index (χ3v) is 7.59. The van der Waals surface area contributed by atoms with Gasteiger partial charge in [0.15, 0.2) is 29.7 Å². The summed E-state index contributed by atoms with van der Waals surface area (Å²) in [7, 11) is 2.65. The lowest BCUT2D eigenvalue weighted by Gasteiger charge is -2.45. The van der Waals surface area contributed by atoms with Gasteiger partial charge in [-0.3, -0.25) is 0 Å². The van der Waals surface area contributed by atoms with Crippen LogP contribution >= 0.6 is 0 Å². The van der Waals surface area contributed by atoms with Crippen molar-refractivity contribution in [1.82, 2.24) is 0 Å². The molecule has 5 rings (SSSR count). The van der Waals surface area contributed by atoms with Gasteiger partial charge in [-0.05, 0) is 12.1 Å². The molecule has 0 saturated carbocycles. The zero-order valence-corrected chi connectivity index (χ0v) is 23.5. The Hall–Kier alpha value is -3.58. The van der Waals surface area contributed by atoms with Gasteiger partial charge in [0.2, 0.25) is 12.0 Å². The van der Waals surface area contributed by atoms with Crippen molar-refractivity contribution in [3.63, 3.8) is 0 Å². The quantitative estimate of drug-likeness (QED) is 0.150. The number of phenols is 3. The van der Waals surface area contributed by atoms with Gasteiger partial charge < -0.3 is 79.1 Å². The van der Waals surface area contributed by atoms with Gasteiger partial charge in [-0.2, -0.15) is 0 Å². The van der Waals surface area contributed by atoms with E-state index in [4.69, 9.17) is 28.4 Å². The minimum absolute atomic E-state index is 0.0247. The molecule has 10 N–H and O–H groups in total. The number of aromatic hydroxyl groups is 4. The lowest BCUT2D eigenvalue weighted by molar-refractivity contribution is -0.353. The summed E-state index contributed by atoms with van der Waals surface area (Å²) in [5, 5.41) is 92.8. The van der Waals surface area contributed by atoms with Crippen LogP contribution in [-0.2, 0) is 18.9 Å². The van der Waals surface area contributed by atoms with Gasteiger partial charge in [-0.25, -0.2) is 0 Å². The lowest BCUT2D eigenvalue weighted by Crippen LogP contribution is -2.63. The molecule has 16 heteroatoms. The van der Waals surface area contributed by atoms with E-state index in [1.165, 1.54) is 38.5 Å². The van der Waals surface area contributed by atoms with E-state index in [9.17, 15) is 46.0 Å². The molecule has 0 spiro atoms. The number of methoxy groups -OCH3 is 2. The second-order valence-electron chi connectivity index (χ2n) is 10.4. The molecule has 16 nitrogen and oxygen atoms in total. The Bertz CT molecular complexity index is 1340. The zero-order chi connectivity index (χ0) is 31.9. The Morgan fingerprint density at radius 2 is 1.55 bits per heavy atom. The fourth-order valence-corrected chi connectivity index (χ4v) is 5.18. The average Bonchev–Trinajstić information content (AvgIpc) is 3.00. The van der Waals surface area contributed by atoms with Crippen LogP contribution < -0.4 is 9.47 Å². The molecule has 2 fully saturated rings. The van der Waals surface area contributed by atoms with Crippen LogP contribution in [0.2, 0.25) is 0 Å². The maximum atomic E-state index is 11.0. The van der Waals surface area contributed by atoms with Gasteiger partial charge >= 0.3 is 0 Å². The lowest BCUT2D eigenvalue weighted by atomic mass is 9.97. The molecular weight excluding hydrogens is 592 g/mol. The summed E-state index contributed by atoms with van der Waals surface area (Å²) >= 11 is 0. The van der Waals surface area contributed by atoms with Crippen molar-refractivity contribution in [3.8, 4) is 34.5 Å². The van der Waals surface area contributed by atoms with E-state index in [0.717, 1.165) is 6.07 Å². The molecule has 242 valence electrons. The summed E-state index contributed by atoms with van der Waals surface area (Å²) in [6, 6.07) is 5.28. The molecule has 44 heavy (non-hydrogen) atoms. The van der Waals surface area contributed by atoms with Crippen LogP contribution in [0.4, 0.5) is 0 Å². The topological polar surface area (TPSA) is 250 Å². The molecule has 3 heterocycles. The van der Waals surface area contributed by atoms with Crippen LogP contribution in [0, 0.1) is 0 Å². The number of ether oxygens (including phenoxy) is 7. The highest BCUT2D eigenvalue weighted by atomic mass is 16.8. The van der Waals surface area contributed by atoms with Gasteiger partial charge in [0.1, 0.15) is 53.7 Å². The molecule has 10 atom stereocenters. The van der Waals surface area contributed by atoms with Crippen LogP contribution in [0.15, 0.2) is 30.0 Å². The summed E-state index contributed by atoms with van der Waals surface area (Å²) in [5.41, 5.74) is 0.481. The van der Waals surface area contributed by atoms with E-state index >= 15 is 0 Å². The molecule has 2 aromatic rings. The third kappa shape index (κ3) is 5.91. The first kappa shape index (κ1) is 31.8. The van der Waals surface area contributed by atoms with Crippen molar-refractivity contribution in [3.05, 3.63) is 41.2 Å². The second kappa shape index (κ2) is 12.8. The van der Waals surface area contributed by atoms with Gasteiger partial charge in [0, 0.05) is 12.1 Å². The van der Waals surface area contributed by atoms with Crippen LogP contribution in [0.5, 0.6) is 34.5 Å². The molecule has 0 aliphatic carbocycles. The minimum Gasteiger partial charge on any atom is -0.571 e. The van der Waals surface area contributed by atoms with E-state index in [-0.39, 0.29) is 45.8 Å². The first-order valence-electron chi connectivity index (χ1n) is 13.5. The van der Waals surface area contributed by atoms with Crippen molar-refractivity contribution in [2.45, 2.75) is 61.4 Å². The molecule has 1 unspecified atom stereocenters. The number of fused-ring (bicyclic) bond motifs is 1. The molecule has 3 aliphatic rings. The first-order valence-corrected chi connectivity index (χ1v) is 13.5. The monoisotopic (exact) mass is 627 g/mol. The Labute approximate surface area is 250 Å². The SMILES string of the molecule is COc1cc(C2[OH+]c3cc(O)cc(O)c3C=C2O[C@@H]2O[C@H](CO)[C@@H](O)[C@H](O)[C@H]2O[C@@H]2OC[C@H](O)[C@H](O)[C@@H]2O)cc(OC)c1O. The van der Waals surface area contributed by atoms with Crippen molar-refractivity contribution >= 4 is 6.08 Å². The zero-order valence-electron chi connectivity index (χ0n) is 23.5. The van der Waals surface area contributed by atoms with Crippen molar-refractivity contribution in [1.29, 1.82) is 0 Å². The minimum atomic E-state index is -1.78. The number of phenolic OH excluding ortho intramolecular Hbond substituents is 3. The number of aliphatic hydroxyl groups excluding tert-OH is 6. The predicted molar refractivity (Wildman–Crippen MR) is 145 cm³/mol. The van der Waals surface area contributed by atoms with Crippen LogP contribution in [0.3, 0.4) is 0 Å². The van der Waals surface area contributed by atoms with Gasteiger partial charge in [0.25, 0.3) is 11.9 Å². The Morgan fingerprint density at radius 1 is 0.864 bits per heavy atom. The normalized spacial score (nSPS) is 33.5. The highest BCUT2D eigenvalue weighted by Gasteiger charge is 2.51. The van der Waals surface area contributed by atoms with Gasteiger partial charge in [-0.1, -0.05) is 0 Å². The van der Waals surface area contributed by atoms with E-state index in [0.29, 0.717) is 5.56 Å². The van der Waals surface area contributed by atoms with Crippen molar-refractivity contribution in [2.75, 3.05) is 27.4 Å². The highest BCUT2D eigenvalue weighted by molar-refractivity contribution is 5.69. The number of hydrogen-bond donors (Lipinski definition) is 9. The highest BCUT2D eigenvalue weighted by Crippen LogP contribution is 2.48. The average molecular weight is 628 g/mol. The second-order valence-corrected chi connectivity index (χ2v) is 10.4. The first-order chi connectivity index (χ1) is 21.0. The molecule has 2 aromatic carbocycles.